The summed E-state index contributed by atoms with van der Waals surface area (Å²) in [6, 6.07) is 103. The second-order valence-electron chi connectivity index (χ2n) is 27.6. The zero-order chi connectivity index (χ0) is 77.6. The third-order valence-electron chi connectivity index (χ3n) is 20.8. The van der Waals surface area contributed by atoms with Gasteiger partial charge < -0.3 is 46.6 Å². The number of hydrogen-bond donors (Lipinski definition) is 4. The largest absolute Gasteiger partial charge is 0.492 e. The minimum absolute atomic E-state index is 0.356. The third kappa shape index (κ3) is 13.1. The van der Waals surface area contributed by atoms with Crippen LogP contribution in [0, 0.1) is 0 Å². The lowest BCUT2D eigenvalue weighted by molar-refractivity contribution is 0.424. The molecule has 0 aliphatic rings. The Morgan fingerprint density at radius 3 is 0.807 bits per heavy atom. The molecule has 6 aromatic heterocycles. The average Bonchev–Trinajstić information content (AvgIpc) is 1.44. The molecule has 0 fully saturated rings. The van der Waals surface area contributed by atoms with E-state index in [9.17, 15) is 20.1 Å². The highest BCUT2D eigenvalue weighted by Gasteiger charge is 2.23. The summed E-state index contributed by atoms with van der Waals surface area (Å²) < 4.78 is 35.2. The molecule has 24 rings (SSSR count). The van der Waals surface area contributed by atoms with Crippen LogP contribution in [-0.2, 0) is 0 Å². The molecule has 0 aliphatic heterocycles. The lowest BCUT2D eigenvalue weighted by Crippen LogP contribution is -2.29. The fourth-order valence-electron chi connectivity index (χ4n) is 15.8. The number of rotatable bonds is 2. The van der Waals surface area contributed by atoms with E-state index in [0.29, 0.717) is 53.3 Å². The maximum absolute atomic E-state index is 9.27. The summed E-state index contributed by atoms with van der Waals surface area (Å²) >= 11 is 36.1. The first-order chi connectivity index (χ1) is 55.6. The zero-order valence-electron chi connectivity index (χ0n) is 59.7. The lowest BCUT2D eigenvalue weighted by atomic mass is 9.79. The van der Waals surface area contributed by atoms with Crippen LogP contribution in [0.2, 0.25) is 30.1 Å². The number of hydrogen-bond acceptors (Lipinski definition) is 10. The van der Waals surface area contributed by atoms with Crippen molar-refractivity contribution in [3.63, 3.8) is 0 Å². The molecule has 18 heteroatoms. The van der Waals surface area contributed by atoms with Crippen molar-refractivity contribution in [2.75, 3.05) is 0 Å². The van der Waals surface area contributed by atoms with Crippen molar-refractivity contribution in [3.8, 4) is 0 Å². The predicted octanol–water partition coefficient (Wildman–Crippen LogP) is 27.7. The van der Waals surface area contributed by atoms with Crippen LogP contribution in [0.15, 0.2) is 342 Å². The molecule has 0 amide bonds. The second kappa shape index (κ2) is 29.8. The normalized spacial score (nSPS) is 11.6. The Morgan fingerprint density at radius 1 is 0.167 bits per heavy atom. The van der Waals surface area contributed by atoms with Crippen LogP contribution in [0.25, 0.3) is 196 Å². The summed E-state index contributed by atoms with van der Waals surface area (Å²) in [6.45, 7) is 0. The van der Waals surface area contributed by atoms with Gasteiger partial charge in [-0.1, -0.05) is 252 Å². The summed E-state index contributed by atoms with van der Waals surface area (Å²) in [7, 11) is -3.09. The molecule has 548 valence electrons. The minimum Gasteiger partial charge on any atom is -0.456 e. The van der Waals surface area contributed by atoms with Crippen LogP contribution < -0.4 is 10.9 Å². The van der Waals surface area contributed by atoms with Crippen molar-refractivity contribution in [3.05, 3.63) is 346 Å². The molecule has 114 heavy (non-hydrogen) atoms. The highest BCUT2D eigenvalue weighted by atomic mass is 35.5. The Balaban J connectivity index is 0.0000000935. The van der Waals surface area contributed by atoms with Gasteiger partial charge >= 0.3 is 14.2 Å². The molecule has 0 spiro atoms. The van der Waals surface area contributed by atoms with Crippen molar-refractivity contribution in [1.29, 1.82) is 0 Å². The van der Waals surface area contributed by atoms with Crippen molar-refractivity contribution in [2.24, 2.45) is 0 Å². The summed E-state index contributed by atoms with van der Waals surface area (Å²) in [5.41, 5.74) is 10.1. The molecule has 0 atom stereocenters. The molecule has 0 unspecified atom stereocenters. The Bertz CT molecular complexity index is 7740. The van der Waals surface area contributed by atoms with Gasteiger partial charge in [-0.2, -0.15) is 0 Å². The maximum Gasteiger partial charge on any atom is 0.492 e. The first-order valence-electron chi connectivity index (χ1n) is 36.4. The van der Waals surface area contributed by atoms with E-state index in [2.05, 4.69) is 127 Å². The smallest absolute Gasteiger partial charge is 0.456 e. The van der Waals surface area contributed by atoms with E-state index in [1.54, 1.807) is 54.6 Å². The fraction of sp³-hybridized carbons (Fsp3) is 0. The van der Waals surface area contributed by atoms with E-state index in [-0.39, 0.29) is 0 Å². The average molecular weight is 1600 g/mol. The molecule has 0 saturated heterocycles. The van der Waals surface area contributed by atoms with Gasteiger partial charge in [-0.05, 0) is 169 Å². The Hall–Kier alpha value is -12.0. The second-order valence-corrected chi connectivity index (χ2v) is 30.2. The van der Waals surface area contributed by atoms with Crippen molar-refractivity contribution in [1.82, 2.24) is 0 Å². The van der Waals surface area contributed by atoms with E-state index in [0.717, 1.165) is 119 Å². The summed E-state index contributed by atoms with van der Waals surface area (Å²) in [5, 5.41) is 68.2. The zero-order valence-corrected chi connectivity index (χ0v) is 64.2. The van der Waals surface area contributed by atoms with Crippen molar-refractivity contribution < 1.29 is 46.6 Å². The third-order valence-corrected chi connectivity index (χ3v) is 22.2. The molecular formula is C96H56B2Cl6O10. The van der Waals surface area contributed by atoms with Gasteiger partial charge in [-0.3, -0.25) is 0 Å². The molecule has 24 aromatic rings. The molecule has 0 bridgehead atoms. The van der Waals surface area contributed by atoms with Crippen LogP contribution in [-0.4, -0.2) is 34.3 Å². The molecule has 6 heterocycles. The van der Waals surface area contributed by atoms with E-state index >= 15 is 0 Å². The van der Waals surface area contributed by atoms with Gasteiger partial charge in [0.05, 0.1) is 0 Å². The summed E-state index contributed by atoms with van der Waals surface area (Å²) in [4.78, 5) is 0. The number of para-hydroxylation sites is 4. The SMILES string of the molecule is Clc1ccc2c(c1)oc1c2ccc2c3ccccc3c3ccccc3c21.Clc1ccc2c(c1)oc1ccccc12.Clc1ccc2oc3c(ccc4c5ccccc5c5ccccc5c43)c2c1.Clc1ccc2oc3ccccc3c2c1.OB(O)c1cccc2c1oc1cc(Cl)ccc12.OB(O)c1cccc2c1oc1ccc(Cl)cc12. The topological polar surface area (TPSA) is 160 Å². The van der Waals surface area contributed by atoms with Crippen LogP contribution in [0.5, 0.6) is 0 Å². The fourth-order valence-corrected chi connectivity index (χ4v) is 16.8. The van der Waals surface area contributed by atoms with E-state index < -0.39 is 14.2 Å². The molecule has 0 aliphatic carbocycles. The quantitative estimate of drug-likeness (QED) is 0.0969. The first-order valence-corrected chi connectivity index (χ1v) is 38.7. The van der Waals surface area contributed by atoms with Crippen LogP contribution in [0.1, 0.15) is 0 Å². The highest BCUT2D eigenvalue weighted by molar-refractivity contribution is 6.62. The van der Waals surface area contributed by atoms with E-state index in [1.165, 1.54) is 64.6 Å². The van der Waals surface area contributed by atoms with Gasteiger partial charge in [0.25, 0.3) is 0 Å². The van der Waals surface area contributed by atoms with E-state index in [4.69, 9.17) is 96.1 Å². The standard InChI is InChI=1S/2C24H13ClO.2C12H8BClO3.2C12H7ClO/c25-14-9-12-22-21(13-14)20-11-10-19-17-7-2-1-5-15(17)16-6-3-4-8-18(16)23(19)24(20)26-22;25-14-9-10-18-21-12-11-20-17-7-2-1-5-15(17)16-6-3-4-8-19(16)23(20)24(21)26-22(18)13-14;14-7-4-5-8-9-2-1-3-10(13(15)16)12(9)17-11(8)6-7;14-7-4-5-11-9(6-7)8-2-1-3-10(13(15)16)12(8)17-11;13-8-5-6-12-10(7-8)9-3-1-2-4-11(9)14-12;13-8-5-6-10-9-3-1-2-4-11(9)14-12(10)7-8/h2*1-13H;2*1-6,15-16H;2*1-7H. The number of benzene rings is 18. The molecule has 0 radical (unpaired) electrons. The van der Waals surface area contributed by atoms with Gasteiger partial charge in [0.15, 0.2) is 0 Å². The van der Waals surface area contributed by atoms with Crippen molar-refractivity contribution in [2.45, 2.75) is 0 Å². The van der Waals surface area contributed by atoms with Crippen LogP contribution in [0.3, 0.4) is 0 Å². The minimum atomic E-state index is -1.55. The lowest BCUT2D eigenvalue weighted by Gasteiger charge is -2.10. The van der Waals surface area contributed by atoms with Gasteiger partial charge in [-0.25, -0.2) is 0 Å². The summed E-state index contributed by atoms with van der Waals surface area (Å²) in [5.74, 6) is 0. The van der Waals surface area contributed by atoms with Crippen LogP contribution >= 0.6 is 69.6 Å². The highest BCUT2D eigenvalue weighted by Crippen LogP contribution is 2.45. The molecule has 4 N–H and O–H groups in total. The molecule has 0 saturated carbocycles. The molecule has 10 nitrogen and oxygen atoms in total. The number of furan rings is 6. The van der Waals surface area contributed by atoms with Gasteiger partial charge in [-0.15, -0.1) is 0 Å². The van der Waals surface area contributed by atoms with Gasteiger partial charge in [0.2, 0.25) is 0 Å². The Morgan fingerprint density at radius 2 is 0.386 bits per heavy atom. The van der Waals surface area contributed by atoms with Crippen LogP contribution in [0.4, 0.5) is 0 Å². The Labute approximate surface area is 678 Å². The van der Waals surface area contributed by atoms with Gasteiger partial charge in [0, 0.05) is 135 Å². The van der Waals surface area contributed by atoms with Crippen molar-refractivity contribution >= 4 is 291 Å². The van der Waals surface area contributed by atoms with Gasteiger partial charge in [0.1, 0.15) is 67.0 Å². The van der Waals surface area contributed by atoms with E-state index in [1.807, 2.05) is 133 Å². The number of halogens is 6. The summed E-state index contributed by atoms with van der Waals surface area (Å²) in [6.07, 6.45) is 0. The first kappa shape index (κ1) is 72.3. The predicted molar refractivity (Wildman–Crippen MR) is 477 cm³/mol. The molecular weight excluding hydrogens is 1550 g/mol. The maximum atomic E-state index is 9.27. The Kier molecular flexibility index (Phi) is 18.9. The monoisotopic (exact) mass is 1600 g/mol. The number of fused-ring (bicyclic) bond motifs is 32. The molecule has 18 aromatic carbocycles.